The summed E-state index contributed by atoms with van der Waals surface area (Å²) in [6.07, 6.45) is -0.0765. The highest BCUT2D eigenvalue weighted by Gasteiger charge is 2.50. The molecule has 4 nitrogen and oxygen atoms in total. The first-order valence-electron chi connectivity index (χ1n) is 18.7. The molecular weight excluding hydrogens is 669 g/mol. The summed E-state index contributed by atoms with van der Waals surface area (Å²) >= 11 is 0. The summed E-state index contributed by atoms with van der Waals surface area (Å²) in [4.78, 5) is 0. The molecule has 272 valence electrons. The lowest BCUT2D eigenvalue weighted by Crippen LogP contribution is -2.66. The van der Waals surface area contributed by atoms with E-state index in [1.165, 1.54) is 10.4 Å². The average Bonchev–Trinajstić information content (AvgIpc) is 3.21. The molecule has 0 saturated heterocycles. The van der Waals surface area contributed by atoms with Crippen molar-refractivity contribution in [2.45, 2.75) is 63.1 Å². The summed E-state index contributed by atoms with van der Waals surface area (Å²) in [7, 11) is -2.70. The minimum atomic E-state index is -2.70. The first-order chi connectivity index (χ1) is 25.8. The Morgan fingerprint density at radius 2 is 0.943 bits per heavy atom. The summed E-state index contributed by atoms with van der Waals surface area (Å²) in [5.41, 5.74) is 3.09. The molecule has 53 heavy (non-hydrogen) atoms. The molecule has 0 aliphatic heterocycles. The number of aliphatic hydroxyl groups excluding tert-OH is 1. The second-order valence-corrected chi connectivity index (χ2v) is 19.0. The number of hydrogen-bond acceptors (Lipinski definition) is 4. The Bertz CT molecular complexity index is 1780. The predicted molar refractivity (Wildman–Crippen MR) is 219 cm³/mol. The van der Waals surface area contributed by atoms with Gasteiger partial charge in [0.05, 0.1) is 19.3 Å². The Balaban J connectivity index is 1.26. The van der Waals surface area contributed by atoms with Gasteiger partial charge in [0, 0.05) is 6.61 Å². The van der Waals surface area contributed by atoms with Crippen molar-refractivity contribution < 1.29 is 19.0 Å². The lowest BCUT2D eigenvalue weighted by Gasteiger charge is -2.43. The van der Waals surface area contributed by atoms with Gasteiger partial charge in [-0.05, 0) is 50.5 Å². The topological polar surface area (TPSA) is 47.9 Å². The molecule has 2 atom stereocenters. The maximum absolute atomic E-state index is 12.1. The van der Waals surface area contributed by atoms with Crippen molar-refractivity contribution in [2.75, 3.05) is 13.2 Å². The fourth-order valence-electron chi connectivity index (χ4n) is 7.52. The van der Waals surface area contributed by atoms with E-state index in [0.717, 1.165) is 22.3 Å². The van der Waals surface area contributed by atoms with Gasteiger partial charge >= 0.3 is 0 Å². The predicted octanol–water partition coefficient (Wildman–Crippen LogP) is 9.30. The fourth-order valence-corrected chi connectivity index (χ4v) is 12.1. The number of rotatable bonds is 17. The highest BCUT2D eigenvalue weighted by atomic mass is 28.4. The van der Waals surface area contributed by atoms with Crippen LogP contribution in [0.2, 0.25) is 5.04 Å². The van der Waals surface area contributed by atoms with Crippen LogP contribution in [0.3, 0.4) is 0 Å². The maximum atomic E-state index is 12.1. The summed E-state index contributed by atoms with van der Waals surface area (Å²) in [6.45, 7) is 7.88. The van der Waals surface area contributed by atoms with Crippen molar-refractivity contribution in [3.63, 3.8) is 0 Å². The Hall–Kier alpha value is -4.62. The van der Waals surface area contributed by atoms with Gasteiger partial charge in [-0.15, -0.1) is 0 Å². The normalized spacial score (nSPS) is 13.4. The molecule has 0 fully saturated rings. The van der Waals surface area contributed by atoms with Crippen molar-refractivity contribution in [1.82, 2.24) is 0 Å². The molecule has 0 spiro atoms. The second kappa shape index (κ2) is 17.9. The SMILES string of the molecule is CC(C)(C)[Si](OCCC[C@@H](OCc1ccccc1)[C@H](O)COC(c1ccccc1)(c1ccccc1)c1ccccc1)(c1ccccc1)c1ccccc1. The molecule has 0 radical (unpaired) electrons. The van der Waals surface area contributed by atoms with E-state index in [9.17, 15) is 5.11 Å². The Labute approximate surface area is 317 Å². The maximum Gasteiger partial charge on any atom is 0.261 e. The van der Waals surface area contributed by atoms with Crippen molar-refractivity contribution in [3.8, 4) is 0 Å². The van der Waals surface area contributed by atoms with E-state index >= 15 is 0 Å². The van der Waals surface area contributed by atoms with Crippen LogP contribution >= 0.6 is 0 Å². The molecule has 0 aliphatic rings. The smallest absolute Gasteiger partial charge is 0.261 e. The van der Waals surface area contributed by atoms with Crippen molar-refractivity contribution in [2.24, 2.45) is 0 Å². The number of ether oxygens (including phenoxy) is 2. The summed E-state index contributed by atoms with van der Waals surface area (Å²) in [5.74, 6) is 0. The molecule has 5 heteroatoms. The van der Waals surface area contributed by atoms with Gasteiger partial charge in [0.25, 0.3) is 8.32 Å². The van der Waals surface area contributed by atoms with Crippen LogP contribution in [0.25, 0.3) is 0 Å². The van der Waals surface area contributed by atoms with Gasteiger partial charge in [0.1, 0.15) is 11.7 Å². The summed E-state index contributed by atoms with van der Waals surface area (Å²) in [5, 5.41) is 14.4. The first-order valence-corrected chi connectivity index (χ1v) is 20.6. The molecule has 1 N–H and O–H groups in total. The lowest BCUT2D eigenvalue weighted by atomic mass is 9.80. The van der Waals surface area contributed by atoms with Crippen LogP contribution in [-0.4, -0.2) is 38.8 Å². The molecule has 0 bridgehead atoms. The van der Waals surface area contributed by atoms with Crippen LogP contribution < -0.4 is 10.4 Å². The Morgan fingerprint density at radius 3 is 1.36 bits per heavy atom. The quantitative estimate of drug-likeness (QED) is 0.0580. The van der Waals surface area contributed by atoms with E-state index in [0.29, 0.717) is 26.1 Å². The molecule has 6 aromatic carbocycles. The van der Waals surface area contributed by atoms with Crippen LogP contribution in [0.4, 0.5) is 0 Å². The molecule has 0 aromatic heterocycles. The van der Waals surface area contributed by atoms with Gasteiger partial charge in [0.15, 0.2) is 0 Å². The molecule has 0 unspecified atom stereocenters. The standard InChI is InChI=1S/C48H52O4Si/c1-47(2,3)53(43-31-18-8-19-32-43,44-33-20-9-21-34-44)52-36-22-35-46(50-37-39-23-10-4-11-24-39)45(49)38-51-48(40-25-12-5-13-26-40,41-27-14-6-15-28-41)42-29-16-7-17-30-42/h4-21,23-34,45-46,49H,22,35-38H2,1-3H3/t45-,46-/m1/s1. The largest absolute Gasteiger partial charge is 0.407 e. The molecule has 0 aliphatic carbocycles. The number of aliphatic hydroxyl groups is 1. The Morgan fingerprint density at radius 1 is 0.547 bits per heavy atom. The van der Waals surface area contributed by atoms with Crippen LogP contribution in [-0.2, 0) is 26.1 Å². The minimum absolute atomic E-state index is 0.0632. The van der Waals surface area contributed by atoms with Crippen molar-refractivity contribution >= 4 is 18.7 Å². The number of benzene rings is 6. The number of hydrogen-bond donors (Lipinski definition) is 1. The van der Waals surface area contributed by atoms with E-state index in [-0.39, 0.29) is 11.6 Å². The van der Waals surface area contributed by atoms with Gasteiger partial charge in [0.2, 0.25) is 0 Å². The van der Waals surface area contributed by atoms with E-state index in [1.54, 1.807) is 0 Å². The highest BCUT2D eigenvalue weighted by molar-refractivity contribution is 6.99. The van der Waals surface area contributed by atoms with Gasteiger partial charge in [-0.3, -0.25) is 0 Å². The molecule has 0 amide bonds. The third-order valence-electron chi connectivity index (χ3n) is 10.1. The minimum Gasteiger partial charge on any atom is -0.407 e. The summed E-state index contributed by atoms with van der Waals surface area (Å²) in [6, 6.07) is 62.4. The van der Waals surface area contributed by atoms with E-state index in [2.05, 4.69) is 130 Å². The molecular formula is C48H52O4Si. The Kier molecular flexibility index (Phi) is 12.9. The second-order valence-electron chi connectivity index (χ2n) is 14.6. The average molecular weight is 721 g/mol. The van der Waals surface area contributed by atoms with Crippen LogP contribution in [0, 0.1) is 0 Å². The van der Waals surface area contributed by atoms with Crippen molar-refractivity contribution in [1.29, 1.82) is 0 Å². The third-order valence-corrected chi connectivity index (χ3v) is 15.2. The van der Waals surface area contributed by atoms with Crippen LogP contribution in [0.15, 0.2) is 182 Å². The molecule has 0 heterocycles. The van der Waals surface area contributed by atoms with E-state index in [1.807, 2.05) is 72.8 Å². The van der Waals surface area contributed by atoms with Gasteiger partial charge in [-0.25, -0.2) is 0 Å². The zero-order valence-corrected chi connectivity index (χ0v) is 32.2. The monoisotopic (exact) mass is 720 g/mol. The van der Waals surface area contributed by atoms with Gasteiger partial charge < -0.3 is 19.0 Å². The van der Waals surface area contributed by atoms with Gasteiger partial charge in [-0.1, -0.05) is 203 Å². The molecule has 0 saturated carbocycles. The van der Waals surface area contributed by atoms with E-state index < -0.39 is 26.1 Å². The zero-order chi connectivity index (χ0) is 37.0. The third kappa shape index (κ3) is 8.79. The molecule has 6 aromatic rings. The zero-order valence-electron chi connectivity index (χ0n) is 31.2. The van der Waals surface area contributed by atoms with Crippen LogP contribution in [0.1, 0.15) is 55.9 Å². The van der Waals surface area contributed by atoms with Gasteiger partial charge in [-0.2, -0.15) is 0 Å². The van der Waals surface area contributed by atoms with Crippen LogP contribution in [0.5, 0.6) is 0 Å². The highest BCUT2D eigenvalue weighted by Crippen LogP contribution is 2.41. The fraction of sp³-hybridized carbons (Fsp3) is 0.250. The van der Waals surface area contributed by atoms with E-state index in [4.69, 9.17) is 13.9 Å². The lowest BCUT2D eigenvalue weighted by molar-refractivity contribution is -0.106. The molecule has 6 rings (SSSR count). The first kappa shape index (κ1) is 38.1. The van der Waals surface area contributed by atoms with Crippen molar-refractivity contribution in [3.05, 3.63) is 204 Å². The summed E-state index contributed by atoms with van der Waals surface area (Å²) < 4.78 is 20.8.